The zero-order valence-corrected chi connectivity index (χ0v) is 19.1. The zero-order valence-electron chi connectivity index (χ0n) is 19.1. The van der Waals surface area contributed by atoms with Crippen molar-refractivity contribution in [2.24, 2.45) is 4.99 Å². The van der Waals surface area contributed by atoms with Gasteiger partial charge in [0.2, 0.25) is 5.91 Å². The Bertz CT molecular complexity index is 1160. The minimum absolute atomic E-state index is 0.0276. The number of piperidine rings is 1. The highest BCUT2D eigenvalue weighted by molar-refractivity contribution is 5.95. The fourth-order valence-electron chi connectivity index (χ4n) is 4.13. The molecule has 4 rings (SSSR count). The zero-order chi connectivity index (χ0) is 23.4. The van der Waals surface area contributed by atoms with E-state index in [1.165, 1.54) is 0 Å². The van der Waals surface area contributed by atoms with Crippen LogP contribution in [0.1, 0.15) is 44.0 Å². The molecule has 1 amide bonds. The first-order chi connectivity index (χ1) is 16.0. The monoisotopic (exact) mass is 444 g/mol. The second-order valence-corrected chi connectivity index (χ2v) is 8.20. The fourth-order valence-corrected chi connectivity index (χ4v) is 4.13. The molecule has 1 aliphatic rings. The number of anilines is 3. The molecular weight excluding hydrogens is 416 g/mol. The molecule has 3 N–H and O–H groups in total. The van der Waals surface area contributed by atoms with E-state index in [-0.39, 0.29) is 17.9 Å². The van der Waals surface area contributed by atoms with Crippen LogP contribution in [-0.4, -0.2) is 56.6 Å². The Balaban J connectivity index is 1.75. The number of nitrogens with one attached hydrogen (secondary N) is 1. The second kappa shape index (κ2) is 9.72. The first kappa shape index (κ1) is 22.3. The van der Waals surface area contributed by atoms with Gasteiger partial charge in [-0.2, -0.15) is 0 Å². The van der Waals surface area contributed by atoms with Gasteiger partial charge in [-0.05, 0) is 31.9 Å². The van der Waals surface area contributed by atoms with Crippen molar-refractivity contribution in [2.75, 3.05) is 24.6 Å². The van der Waals surface area contributed by atoms with Crippen LogP contribution in [0, 0.1) is 0 Å². The summed E-state index contributed by atoms with van der Waals surface area (Å²) in [6, 6.07) is 7.69. The first-order valence-electron chi connectivity index (χ1n) is 11.0. The largest absolute Gasteiger partial charge is 0.398 e. The molecule has 0 unspecified atom stereocenters. The Morgan fingerprint density at radius 2 is 2.09 bits per heavy atom. The number of amides is 1. The maximum absolute atomic E-state index is 12.1. The van der Waals surface area contributed by atoms with Gasteiger partial charge in [-0.1, -0.05) is 6.07 Å². The fraction of sp³-hybridized carbons (Fsp3) is 0.333. The van der Waals surface area contributed by atoms with Crippen molar-refractivity contribution >= 4 is 29.3 Å². The summed E-state index contributed by atoms with van der Waals surface area (Å²) in [5.41, 5.74) is 9.68. The molecule has 1 fully saturated rings. The molecule has 1 saturated heterocycles. The van der Waals surface area contributed by atoms with Crippen LogP contribution in [0.15, 0.2) is 47.8 Å². The van der Waals surface area contributed by atoms with E-state index in [4.69, 9.17) is 15.7 Å². The standard InChI is InChI=1S/C24H28N8O/c1-15-7-8-17(14-32(15)16(2)33)24-30-21(22-13-27-9-10-28-22)11-23(31-24)29-20-6-4-5-19(25)18(20)12-26-3/h4-6,9-13,15,17H,7-8,14,25H2,1-3H3,(H,29,30,31)/t15-,17+/m0/s1. The molecule has 9 nitrogen and oxygen atoms in total. The summed E-state index contributed by atoms with van der Waals surface area (Å²) in [5, 5.41) is 3.38. The average Bonchev–Trinajstić information content (AvgIpc) is 2.82. The molecule has 3 heterocycles. The molecule has 1 aromatic carbocycles. The van der Waals surface area contributed by atoms with E-state index in [1.54, 1.807) is 38.8 Å². The lowest BCUT2D eigenvalue weighted by Crippen LogP contribution is -2.44. The number of nitrogens with two attached hydrogens (primary N) is 1. The van der Waals surface area contributed by atoms with Crippen LogP contribution >= 0.6 is 0 Å². The molecule has 1 aliphatic heterocycles. The maximum Gasteiger partial charge on any atom is 0.219 e. The van der Waals surface area contributed by atoms with Gasteiger partial charge in [0, 0.05) is 68.4 Å². The molecular formula is C24H28N8O. The molecule has 0 saturated carbocycles. The van der Waals surface area contributed by atoms with Crippen molar-refractivity contribution in [1.82, 2.24) is 24.8 Å². The number of likely N-dealkylation sites (tertiary alicyclic amines) is 1. The summed E-state index contributed by atoms with van der Waals surface area (Å²) in [4.78, 5) is 36.4. The van der Waals surface area contributed by atoms with Crippen LogP contribution in [0.3, 0.4) is 0 Å². The number of aromatic nitrogens is 4. The van der Waals surface area contributed by atoms with Crippen LogP contribution < -0.4 is 11.1 Å². The van der Waals surface area contributed by atoms with Gasteiger partial charge in [0.25, 0.3) is 0 Å². The number of hydrogen-bond acceptors (Lipinski definition) is 8. The number of nitrogen functional groups attached to an aromatic ring is 1. The summed E-state index contributed by atoms with van der Waals surface area (Å²) >= 11 is 0. The lowest BCUT2D eigenvalue weighted by atomic mass is 9.92. The Hall–Kier alpha value is -3.88. The van der Waals surface area contributed by atoms with E-state index < -0.39 is 0 Å². The van der Waals surface area contributed by atoms with Crippen LogP contribution in [0.5, 0.6) is 0 Å². The third-order valence-electron chi connectivity index (χ3n) is 5.88. The summed E-state index contributed by atoms with van der Waals surface area (Å²) in [6.45, 7) is 4.28. The maximum atomic E-state index is 12.1. The van der Waals surface area contributed by atoms with Crippen LogP contribution in [0.4, 0.5) is 17.2 Å². The number of nitrogens with zero attached hydrogens (tertiary/aromatic N) is 6. The highest BCUT2D eigenvalue weighted by Gasteiger charge is 2.30. The predicted molar refractivity (Wildman–Crippen MR) is 130 cm³/mol. The van der Waals surface area contributed by atoms with Crippen molar-refractivity contribution in [3.63, 3.8) is 0 Å². The van der Waals surface area contributed by atoms with Crippen molar-refractivity contribution in [1.29, 1.82) is 0 Å². The number of carbonyl (C=O) groups is 1. The van der Waals surface area contributed by atoms with Gasteiger partial charge >= 0.3 is 0 Å². The highest BCUT2D eigenvalue weighted by atomic mass is 16.2. The second-order valence-electron chi connectivity index (χ2n) is 8.20. The molecule has 9 heteroatoms. The SMILES string of the molecule is CN=Cc1c(N)cccc1Nc1cc(-c2cnccn2)nc([C@@H]2CC[C@H](C)N(C(C)=O)C2)n1. The molecule has 0 bridgehead atoms. The first-order valence-corrected chi connectivity index (χ1v) is 11.0. The lowest BCUT2D eigenvalue weighted by Gasteiger charge is -2.37. The van der Waals surface area contributed by atoms with Crippen molar-refractivity contribution in [3.8, 4) is 11.4 Å². The topological polar surface area (TPSA) is 122 Å². The number of benzene rings is 1. The summed E-state index contributed by atoms with van der Waals surface area (Å²) < 4.78 is 0. The Morgan fingerprint density at radius 1 is 1.24 bits per heavy atom. The molecule has 170 valence electrons. The quantitative estimate of drug-likeness (QED) is 0.457. The summed E-state index contributed by atoms with van der Waals surface area (Å²) in [7, 11) is 1.70. The number of aliphatic imine (C=N–C) groups is 1. The molecule has 33 heavy (non-hydrogen) atoms. The van der Waals surface area contributed by atoms with Crippen LogP contribution in [0.2, 0.25) is 0 Å². The van der Waals surface area contributed by atoms with Gasteiger partial charge in [-0.15, -0.1) is 0 Å². The number of carbonyl (C=O) groups excluding carboxylic acids is 1. The van der Waals surface area contributed by atoms with Crippen LogP contribution in [-0.2, 0) is 4.79 Å². The highest BCUT2D eigenvalue weighted by Crippen LogP contribution is 2.31. The van der Waals surface area contributed by atoms with Gasteiger partial charge in [0.15, 0.2) is 0 Å². The van der Waals surface area contributed by atoms with Crippen LogP contribution in [0.25, 0.3) is 11.4 Å². The van der Waals surface area contributed by atoms with Crippen molar-refractivity contribution in [2.45, 2.75) is 38.6 Å². The summed E-state index contributed by atoms with van der Waals surface area (Å²) in [6.07, 6.45) is 8.46. The van der Waals surface area contributed by atoms with E-state index >= 15 is 0 Å². The van der Waals surface area contributed by atoms with Crippen molar-refractivity contribution < 1.29 is 4.79 Å². The normalized spacial score (nSPS) is 18.5. The van der Waals surface area contributed by atoms with E-state index in [9.17, 15) is 4.79 Å². The minimum atomic E-state index is 0.0276. The van der Waals surface area contributed by atoms with Gasteiger partial charge in [-0.3, -0.25) is 19.8 Å². The molecule has 3 aromatic rings. The number of hydrogen-bond donors (Lipinski definition) is 2. The molecule has 2 atom stereocenters. The third-order valence-corrected chi connectivity index (χ3v) is 5.88. The summed E-state index contributed by atoms with van der Waals surface area (Å²) in [5.74, 6) is 1.39. The Kier molecular flexibility index (Phi) is 6.58. The lowest BCUT2D eigenvalue weighted by molar-refractivity contribution is -0.132. The molecule has 0 radical (unpaired) electrons. The minimum Gasteiger partial charge on any atom is -0.398 e. The van der Waals surface area contributed by atoms with E-state index in [0.29, 0.717) is 35.3 Å². The van der Waals surface area contributed by atoms with Gasteiger partial charge in [0.05, 0.1) is 17.6 Å². The Morgan fingerprint density at radius 3 is 2.82 bits per heavy atom. The predicted octanol–water partition coefficient (Wildman–Crippen LogP) is 3.42. The van der Waals surface area contributed by atoms with Gasteiger partial charge < -0.3 is 16.0 Å². The van der Waals surface area contributed by atoms with Crippen molar-refractivity contribution in [3.05, 3.63) is 54.2 Å². The van der Waals surface area contributed by atoms with Gasteiger partial charge in [0.1, 0.15) is 17.3 Å². The Labute approximate surface area is 193 Å². The van der Waals surface area contributed by atoms with E-state index in [2.05, 4.69) is 27.2 Å². The van der Waals surface area contributed by atoms with E-state index in [1.807, 2.05) is 29.2 Å². The van der Waals surface area contributed by atoms with Gasteiger partial charge in [-0.25, -0.2) is 9.97 Å². The average molecular weight is 445 g/mol. The third kappa shape index (κ3) is 4.97. The number of rotatable bonds is 5. The molecule has 2 aromatic heterocycles. The smallest absolute Gasteiger partial charge is 0.219 e. The van der Waals surface area contributed by atoms with E-state index in [0.717, 1.165) is 24.1 Å². The molecule has 0 spiro atoms. The molecule has 0 aliphatic carbocycles.